The number of halogens is 2. The van der Waals surface area contributed by atoms with Gasteiger partial charge in [0.1, 0.15) is 0 Å². The number of rotatable bonds is 2. The summed E-state index contributed by atoms with van der Waals surface area (Å²) in [7, 11) is 0. The predicted octanol–water partition coefficient (Wildman–Crippen LogP) is 2.50. The van der Waals surface area contributed by atoms with Crippen LogP contribution in [0.25, 0.3) is 0 Å². The first-order valence-electron chi connectivity index (χ1n) is 5.28. The van der Waals surface area contributed by atoms with Crippen molar-refractivity contribution in [1.82, 2.24) is 10.2 Å². The van der Waals surface area contributed by atoms with Crippen molar-refractivity contribution < 1.29 is 5.11 Å². The third-order valence-corrected chi connectivity index (χ3v) is 3.24. The number of hydrogen-bond acceptors (Lipinski definition) is 4. The molecule has 4 nitrogen and oxygen atoms in total. The number of aliphatic hydroxyl groups excluding tert-OH is 1. The zero-order valence-electron chi connectivity index (χ0n) is 8.66. The summed E-state index contributed by atoms with van der Waals surface area (Å²) in [6.45, 7) is 0. The Balaban J connectivity index is 2.00. The minimum Gasteiger partial charge on any atom is -0.393 e. The Hall–Kier alpha value is -0.580. The highest BCUT2D eigenvalue weighted by atomic mass is 35.5. The highest BCUT2D eigenvalue weighted by Gasteiger charge is 2.20. The van der Waals surface area contributed by atoms with Gasteiger partial charge in [-0.15, -0.1) is 10.2 Å². The van der Waals surface area contributed by atoms with Crippen LogP contribution in [0, 0.1) is 0 Å². The molecule has 16 heavy (non-hydrogen) atoms. The Morgan fingerprint density at radius 2 is 1.88 bits per heavy atom. The maximum atomic E-state index is 9.39. The predicted molar refractivity (Wildman–Crippen MR) is 63.9 cm³/mol. The van der Waals surface area contributed by atoms with Crippen molar-refractivity contribution in [2.45, 2.75) is 37.8 Å². The first-order valence-corrected chi connectivity index (χ1v) is 6.04. The van der Waals surface area contributed by atoms with E-state index < -0.39 is 0 Å². The molecule has 1 aliphatic rings. The SMILES string of the molecule is OC1CCC(Nc2cc(Cl)nnc2Cl)CC1. The molecule has 2 N–H and O–H groups in total. The molecule has 1 aliphatic carbocycles. The summed E-state index contributed by atoms with van der Waals surface area (Å²) in [5.74, 6) is 0. The normalized spacial score (nSPS) is 25.4. The fourth-order valence-corrected chi connectivity index (χ4v) is 2.19. The zero-order chi connectivity index (χ0) is 11.5. The minimum absolute atomic E-state index is 0.160. The van der Waals surface area contributed by atoms with E-state index in [1.165, 1.54) is 0 Å². The largest absolute Gasteiger partial charge is 0.393 e. The summed E-state index contributed by atoms with van der Waals surface area (Å²) in [6.07, 6.45) is 3.34. The Morgan fingerprint density at radius 1 is 1.19 bits per heavy atom. The highest BCUT2D eigenvalue weighted by molar-refractivity contribution is 6.33. The summed E-state index contributed by atoms with van der Waals surface area (Å²) < 4.78 is 0. The second-order valence-corrected chi connectivity index (χ2v) is 4.77. The van der Waals surface area contributed by atoms with E-state index in [9.17, 15) is 5.11 Å². The lowest BCUT2D eigenvalue weighted by Gasteiger charge is -2.27. The van der Waals surface area contributed by atoms with Gasteiger partial charge in [-0.05, 0) is 25.7 Å². The fourth-order valence-electron chi connectivity index (χ4n) is 1.89. The van der Waals surface area contributed by atoms with E-state index >= 15 is 0 Å². The molecule has 6 heteroatoms. The molecule has 0 radical (unpaired) electrons. The van der Waals surface area contributed by atoms with Gasteiger partial charge in [0, 0.05) is 12.1 Å². The van der Waals surface area contributed by atoms with Gasteiger partial charge in [0.05, 0.1) is 11.8 Å². The summed E-state index contributed by atoms with van der Waals surface area (Å²) in [5, 5.41) is 20.7. The van der Waals surface area contributed by atoms with Crippen LogP contribution < -0.4 is 5.32 Å². The number of aromatic nitrogens is 2. The summed E-state index contributed by atoms with van der Waals surface area (Å²) in [4.78, 5) is 0. The summed E-state index contributed by atoms with van der Waals surface area (Å²) in [6, 6.07) is 1.99. The van der Waals surface area contributed by atoms with Crippen molar-refractivity contribution in [3.63, 3.8) is 0 Å². The lowest BCUT2D eigenvalue weighted by Crippen LogP contribution is -2.28. The molecular weight excluding hydrogens is 249 g/mol. The van der Waals surface area contributed by atoms with Crippen LogP contribution in [0.15, 0.2) is 6.07 Å². The second kappa shape index (κ2) is 5.17. The van der Waals surface area contributed by atoms with Crippen molar-refractivity contribution >= 4 is 28.9 Å². The number of aliphatic hydroxyl groups is 1. The van der Waals surface area contributed by atoms with Gasteiger partial charge in [-0.1, -0.05) is 23.2 Å². The van der Waals surface area contributed by atoms with Crippen LogP contribution in [-0.4, -0.2) is 27.4 Å². The molecule has 0 spiro atoms. The topological polar surface area (TPSA) is 58.0 Å². The minimum atomic E-state index is -0.160. The molecule has 0 saturated heterocycles. The third kappa shape index (κ3) is 2.97. The van der Waals surface area contributed by atoms with E-state index in [1.54, 1.807) is 6.07 Å². The number of hydrogen-bond donors (Lipinski definition) is 2. The molecule has 1 fully saturated rings. The number of anilines is 1. The second-order valence-electron chi connectivity index (χ2n) is 4.02. The maximum Gasteiger partial charge on any atom is 0.174 e. The van der Waals surface area contributed by atoms with E-state index in [4.69, 9.17) is 23.2 Å². The Kier molecular flexibility index (Phi) is 3.84. The zero-order valence-corrected chi connectivity index (χ0v) is 10.2. The molecule has 0 amide bonds. The number of nitrogens with one attached hydrogen (secondary N) is 1. The first kappa shape index (κ1) is 11.9. The van der Waals surface area contributed by atoms with E-state index in [-0.39, 0.29) is 6.10 Å². The first-order chi connectivity index (χ1) is 7.65. The lowest BCUT2D eigenvalue weighted by molar-refractivity contribution is 0.126. The van der Waals surface area contributed by atoms with Gasteiger partial charge in [-0.2, -0.15) is 0 Å². The van der Waals surface area contributed by atoms with Crippen LogP contribution in [0.3, 0.4) is 0 Å². The smallest absolute Gasteiger partial charge is 0.174 e. The van der Waals surface area contributed by atoms with Gasteiger partial charge in [-0.3, -0.25) is 0 Å². The number of nitrogens with zero attached hydrogens (tertiary/aromatic N) is 2. The van der Waals surface area contributed by atoms with Crippen LogP contribution in [0.4, 0.5) is 5.69 Å². The molecule has 1 saturated carbocycles. The summed E-state index contributed by atoms with van der Waals surface area (Å²) in [5.41, 5.74) is 0.711. The fraction of sp³-hybridized carbons (Fsp3) is 0.600. The quantitative estimate of drug-likeness (QED) is 0.859. The van der Waals surface area contributed by atoms with Crippen LogP contribution in [0.2, 0.25) is 10.3 Å². The van der Waals surface area contributed by atoms with Crippen molar-refractivity contribution in [2.24, 2.45) is 0 Å². The van der Waals surface area contributed by atoms with Gasteiger partial charge in [0.2, 0.25) is 0 Å². The molecule has 1 aromatic heterocycles. The molecule has 0 bridgehead atoms. The van der Waals surface area contributed by atoms with Gasteiger partial charge >= 0.3 is 0 Å². The van der Waals surface area contributed by atoms with Crippen LogP contribution in [0.1, 0.15) is 25.7 Å². The van der Waals surface area contributed by atoms with Crippen molar-refractivity contribution in [3.8, 4) is 0 Å². The van der Waals surface area contributed by atoms with E-state index in [0.29, 0.717) is 22.0 Å². The Bertz CT molecular complexity index is 367. The van der Waals surface area contributed by atoms with Crippen LogP contribution >= 0.6 is 23.2 Å². The van der Waals surface area contributed by atoms with Crippen molar-refractivity contribution in [3.05, 3.63) is 16.4 Å². The molecule has 1 heterocycles. The van der Waals surface area contributed by atoms with E-state index in [1.807, 2.05) is 0 Å². The molecule has 0 atom stereocenters. The van der Waals surface area contributed by atoms with Gasteiger partial charge in [0.15, 0.2) is 10.3 Å². The van der Waals surface area contributed by atoms with Crippen molar-refractivity contribution in [2.75, 3.05) is 5.32 Å². The Labute approximate surface area is 104 Å². The third-order valence-electron chi connectivity index (χ3n) is 2.78. The highest BCUT2D eigenvalue weighted by Crippen LogP contribution is 2.26. The average molecular weight is 262 g/mol. The Morgan fingerprint density at radius 3 is 2.56 bits per heavy atom. The summed E-state index contributed by atoms with van der Waals surface area (Å²) >= 11 is 11.6. The lowest BCUT2D eigenvalue weighted by atomic mass is 9.93. The molecule has 0 unspecified atom stereocenters. The van der Waals surface area contributed by atoms with Crippen LogP contribution in [0.5, 0.6) is 0 Å². The van der Waals surface area contributed by atoms with Crippen molar-refractivity contribution in [1.29, 1.82) is 0 Å². The molecular formula is C10H13Cl2N3O. The standard InChI is InChI=1S/C10H13Cl2N3O/c11-9-5-8(10(12)15-14-9)13-6-1-3-7(16)4-2-6/h5-7,16H,1-4H2,(H,13,14). The van der Waals surface area contributed by atoms with Crippen LogP contribution in [-0.2, 0) is 0 Å². The molecule has 0 aliphatic heterocycles. The molecule has 0 aromatic carbocycles. The average Bonchev–Trinajstić information content (AvgIpc) is 2.27. The van der Waals surface area contributed by atoms with Gasteiger partial charge in [0.25, 0.3) is 0 Å². The molecule has 1 aromatic rings. The van der Waals surface area contributed by atoms with Gasteiger partial charge < -0.3 is 10.4 Å². The maximum absolute atomic E-state index is 9.39. The monoisotopic (exact) mass is 261 g/mol. The molecule has 2 rings (SSSR count). The van der Waals surface area contributed by atoms with E-state index in [2.05, 4.69) is 15.5 Å². The van der Waals surface area contributed by atoms with E-state index in [0.717, 1.165) is 25.7 Å². The van der Waals surface area contributed by atoms with Gasteiger partial charge in [-0.25, -0.2) is 0 Å². The molecule has 88 valence electrons.